The number of ketones is 1. The summed E-state index contributed by atoms with van der Waals surface area (Å²) >= 11 is 0. The lowest BCUT2D eigenvalue weighted by Crippen LogP contribution is -2.46. The van der Waals surface area contributed by atoms with Crippen molar-refractivity contribution in [3.8, 4) is 0 Å². The van der Waals surface area contributed by atoms with Gasteiger partial charge in [0.2, 0.25) is 0 Å². The number of carbonyl (C=O) groups is 2. The number of carboxylic acids is 1. The van der Waals surface area contributed by atoms with E-state index in [1.807, 2.05) is 0 Å². The third-order valence-corrected chi connectivity index (χ3v) is 3.23. The molecule has 0 spiro atoms. The molecule has 0 aromatic heterocycles. The summed E-state index contributed by atoms with van der Waals surface area (Å²) in [6.07, 6.45) is 3.78. The highest BCUT2D eigenvalue weighted by atomic mass is 16.4. The number of hydrogen-bond donors (Lipinski definition) is 1. The van der Waals surface area contributed by atoms with Crippen molar-refractivity contribution < 1.29 is 14.7 Å². The van der Waals surface area contributed by atoms with E-state index in [0.717, 1.165) is 19.3 Å². The minimum absolute atomic E-state index is 0.109. The lowest BCUT2D eigenvalue weighted by molar-refractivity contribution is -0.160. The zero-order chi connectivity index (χ0) is 11.7. The van der Waals surface area contributed by atoms with Gasteiger partial charge < -0.3 is 5.11 Å². The van der Waals surface area contributed by atoms with E-state index >= 15 is 0 Å². The second-order valence-corrected chi connectivity index (χ2v) is 5.53. The van der Waals surface area contributed by atoms with Crippen molar-refractivity contribution in [2.45, 2.75) is 52.9 Å². The highest BCUT2D eigenvalue weighted by molar-refractivity contribution is 6.05. The molecular formula is C12H20O3. The Morgan fingerprint density at radius 2 is 1.53 bits per heavy atom. The molecule has 1 aliphatic carbocycles. The van der Waals surface area contributed by atoms with Gasteiger partial charge in [-0.2, -0.15) is 0 Å². The molecule has 0 bridgehead atoms. The quantitative estimate of drug-likeness (QED) is 0.716. The number of hydrogen-bond acceptors (Lipinski definition) is 2. The van der Waals surface area contributed by atoms with Crippen LogP contribution in [-0.4, -0.2) is 16.9 Å². The summed E-state index contributed by atoms with van der Waals surface area (Å²) in [7, 11) is 0. The highest BCUT2D eigenvalue weighted by Gasteiger charge is 2.49. The molecule has 1 rings (SSSR count). The first-order valence-electron chi connectivity index (χ1n) is 5.59. The summed E-state index contributed by atoms with van der Waals surface area (Å²) in [6.45, 7) is 5.40. The van der Waals surface area contributed by atoms with Gasteiger partial charge in [-0.05, 0) is 12.8 Å². The summed E-state index contributed by atoms with van der Waals surface area (Å²) in [5, 5.41) is 9.30. The van der Waals surface area contributed by atoms with Crippen LogP contribution in [0.15, 0.2) is 0 Å². The molecule has 0 unspecified atom stereocenters. The van der Waals surface area contributed by atoms with Gasteiger partial charge in [0.05, 0.1) is 0 Å². The molecule has 0 saturated heterocycles. The van der Waals surface area contributed by atoms with E-state index < -0.39 is 16.8 Å². The zero-order valence-electron chi connectivity index (χ0n) is 9.80. The van der Waals surface area contributed by atoms with E-state index in [-0.39, 0.29) is 5.78 Å². The summed E-state index contributed by atoms with van der Waals surface area (Å²) in [4.78, 5) is 23.5. The highest BCUT2D eigenvalue weighted by Crippen LogP contribution is 2.42. The first-order valence-corrected chi connectivity index (χ1v) is 5.59. The van der Waals surface area contributed by atoms with Gasteiger partial charge in [-0.1, -0.05) is 40.0 Å². The van der Waals surface area contributed by atoms with E-state index in [9.17, 15) is 14.7 Å². The SMILES string of the molecule is CC(C)(C)C(=O)C1(C(=O)O)CCCCC1. The molecule has 0 aromatic rings. The Hall–Kier alpha value is -0.860. The Labute approximate surface area is 90.9 Å². The smallest absolute Gasteiger partial charge is 0.317 e. The van der Waals surface area contributed by atoms with Crippen LogP contribution in [0, 0.1) is 10.8 Å². The molecule has 0 radical (unpaired) electrons. The molecular weight excluding hydrogens is 192 g/mol. The molecule has 1 aliphatic rings. The molecule has 86 valence electrons. The first kappa shape index (κ1) is 12.2. The van der Waals surface area contributed by atoms with Crippen molar-refractivity contribution >= 4 is 11.8 Å². The number of rotatable bonds is 2. The van der Waals surface area contributed by atoms with Crippen LogP contribution in [0.5, 0.6) is 0 Å². The van der Waals surface area contributed by atoms with E-state index in [1.54, 1.807) is 20.8 Å². The zero-order valence-corrected chi connectivity index (χ0v) is 9.80. The van der Waals surface area contributed by atoms with E-state index in [0.29, 0.717) is 12.8 Å². The Balaban J connectivity index is 3.01. The Morgan fingerprint density at radius 1 is 1.07 bits per heavy atom. The molecule has 1 saturated carbocycles. The predicted octanol–water partition coefficient (Wildman–Crippen LogP) is 2.64. The minimum Gasteiger partial charge on any atom is -0.480 e. The van der Waals surface area contributed by atoms with Crippen LogP contribution >= 0.6 is 0 Å². The van der Waals surface area contributed by atoms with Gasteiger partial charge >= 0.3 is 5.97 Å². The standard InChI is InChI=1S/C12H20O3/c1-11(2,3)9(13)12(10(14)15)7-5-4-6-8-12/h4-8H2,1-3H3,(H,14,15). The van der Waals surface area contributed by atoms with Gasteiger partial charge in [-0.3, -0.25) is 9.59 Å². The van der Waals surface area contributed by atoms with Gasteiger partial charge in [0.15, 0.2) is 5.78 Å². The second-order valence-electron chi connectivity index (χ2n) is 5.53. The first-order chi connectivity index (χ1) is 6.81. The van der Waals surface area contributed by atoms with E-state index in [1.165, 1.54) is 0 Å². The molecule has 1 N–H and O–H groups in total. The van der Waals surface area contributed by atoms with Crippen molar-refractivity contribution in [3.05, 3.63) is 0 Å². The van der Waals surface area contributed by atoms with Crippen LogP contribution in [0.2, 0.25) is 0 Å². The summed E-state index contributed by atoms with van der Waals surface area (Å²) in [5.41, 5.74) is -1.66. The fourth-order valence-electron chi connectivity index (χ4n) is 2.41. The van der Waals surface area contributed by atoms with Crippen molar-refractivity contribution in [3.63, 3.8) is 0 Å². The number of carboxylic acid groups (broad SMARTS) is 1. The topological polar surface area (TPSA) is 54.4 Å². The number of Topliss-reactive ketones (excluding diaryl/α,β-unsaturated/α-hetero) is 1. The average molecular weight is 212 g/mol. The average Bonchev–Trinajstić information content (AvgIpc) is 2.16. The Bertz CT molecular complexity index is 267. The van der Waals surface area contributed by atoms with Crippen molar-refractivity contribution in [1.82, 2.24) is 0 Å². The number of carbonyl (C=O) groups excluding carboxylic acids is 1. The van der Waals surface area contributed by atoms with Crippen LogP contribution < -0.4 is 0 Å². The van der Waals surface area contributed by atoms with Gasteiger partial charge in [-0.25, -0.2) is 0 Å². The van der Waals surface area contributed by atoms with Gasteiger partial charge in [0.1, 0.15) is 5.41 Å². The normalized spacial score (nSPS) is 21.0. The fourth-order valence-corrected chi connectivity index (χ4v) is 2.41. The Kier molecular flexibility index (Phi) is 3.22. The molecule has 0 heterocycles. The van der Waals surface area contributed by atoms with Crippen molar-refractivity contribution in [2.75, 3.05) is 0 Å². The van der Waals surface area contributed by atoms with Gasteiger partial charge in [0, 0.05) is 5.41 Å². The summed E-state index contributed by atoms with van der Waals surface area (Å²) in [5.74, 6) is -1.04. The molecule has 0 aromatic carbocycles. The monoisotopic (exact) mass is 212 g/mol. The summed E-state index contributed by atoms with van der Waals surface area (Å²) < 4.78 is 0. The lowest BCUT2D eigenvalue weighted by Gasteiger charge is -2.36. The molecule has 3 heteroatoms. The van der Waals surface area contributed by atoms with E-state index in [4.69, 9.17) is 0 Å². The lowest BCUT2D eigenvalue weighted by atomic mass is 9.65. The van der Waals surface area contributed by atoms with Crippen LogP contribution in [0.1, 0.15) is 52.9 Å². The van der Waals surface area contributed by atoms with Crippen molar-refractivity contribution in [1.29, 1.82) is 0 Å². The maximum absolute atomic E-state index is 12.2. The van der Waals surface area contributed by atoms with Gasteiger partial charge in [0.25, 0.3) is 0 Å². The molecule has 15 heavy (non-hydrogen) atoms. The second kappa shape index (κ2) is 3.95. The minimum atomic E-state index is -1.10. The van der Waals surface area contributed by atoms with Crippen molar-refractivity contribution in [2.24, 2.45) is 10.8 Å². The van der Waals surface area contributed by atoms with Gasteiger partial charge in [-0.15, -0.1) is 0 Å². The van der Waals surface area contributed by atoms with E-state index in [2.05, 4.69) is 0 Å². The van der Waals surface area contributed by atoms with Crippen LogP contribution in [-0.2, 0) is 9.59 Å². The third kappa shape index (κ3) is 2.21. The Morgan fingerprint density at radius 3 is 1.87 bits per heavy atom. The molecule has 0 atom stereocenters. The van der Waals surface area contributed by atoms with Crippen LogP contribution in [0.4, 0.5) is 0 Å². The maximum Gasteiger partial charge on any atom is 0.317 e. The predicted molar refractivity (Wildman–Crippen MR) is 57.6 cm³/mol. The fraction of sp³-hybridized carbons (Fsp3) is 0.833. The number of aliphatic carboxylic acids is 1. The van der Waals surface area contributed by atoms with Crippen LogP contribution in [0.25, 0.3) is 0 Å². The van der Waals surface area contributed by atoms with Crippen LogP contribution in [0.3, 0.4) is 0 Å². The molecule has 1 fully saturated rings. The molecule has 3 nitrogen and oxygen atoms in total. The molecule has 0 aliphatic heterocycles. The summed E-state index contributed by atoms with van der Waals surface area (Å²) in [6, 6.07) is 0. The largest absolute Gasteiger partial charge is 0.480 e. The maximum atomic E-state index is 12.2. The molecule has 0 amide bonds. The third-order valence-electron chi connectivity index (χ3n) is 3.23.